The van der Waals surface area contributed by atoms with Crippen molar-refractivity contribution in [3.8, 4) is 0 Å². The average Bonchev–Trinajstić information content (AvgIpc) is 2.82. The Balaban J connectivity index is 2.10. The Labute approximate surface area is 119 Å². The fraction of sp³-hybridized carbons (Fsp3) is 0.571. The van der Waals surface area contributed by atoms with Crippen LogP contribution in [-0.2, 0) is 16.6 Å². The number of hydrogen-bond acceptors (Lipinski definition) is 3. The number of halogens is 1. The van der Waals surface area contributed by atoms with Gasteiger partial charge >= 0.3 is 0 Å². The standard InChI is InChI=1S/C14H21FN2O2S/c1-10-3-2-4-11(10)9-17-20(18,19)13-5-6-14(15)12(7-13)8-16/h5-7,10-11,17H,2-4,8-9,16H2,1H3. The van der Waals surface area contributed by atoms with Crippen LogP contribution in [0.25, 0.3) is 0 Å². The van der Waals surface area contributed by atoms with Crippen molar-refractivity contribution in [2.75, 3.05) is 6.54 Å². The summed E-state index contributed by atoms with van der Waals surface area (Å²) in [6.07, 6.45) is 3.36. The number of nitrogens with one attached hydrogen (secondary N) is 1. The quantitative estimate of drug-likeness (QED) is 0.873. The van der Waals surface area contributed by atoms with Crippen LogP contribution in [0, 0.1) is 17.7 Å². The van der Waals surface area contributed by atoms with Gasteiger partial charge in [-0.2, -0.15) is 0 Å². The molecule has 0 radical (unpaired) electrons. The first-order valence-electron chi connectivity index (χ1n) is 6.92. The van der Waals surface area contributed by atoms with E-state index in [1.165, 1.54) is 12.1 Å². The van der Waals surface area contributed by atoms with Gasteiger partial charge in [-0.3, -0.25) is 0 Å². The molecule has 1 saturated carbocycles. The first kappa shape index (κ1) is 15.4. The molecule has 0 bridgehead atoms. The van der Waals surface area contributed by atoms with Crippen LogP contribution in [0.3, 0.4) is 0 Å². The zero-order chi connectivity index (χ0) is 14.8. The Kier molecular flexibility index (Phi) is 4.78. The van der Waals surface area contributed by atoms with E-state index in [2.05, 4.69) is 11.6 Å². The lowest BCUT2D eigenvalue weighted by molar-refractivity contribution is 0.414. The minimum Gasteiger partial charge on any atom is -0.326 e. The van der Waals surface area contributed by atoms with E-state index in [1.807, 2.05) is 0 Å². The Morgan fingerprint density at radius 1 is 1.40 bits per heavy atom. The summed E-state index contributed by atoms with van der Waals surface area (Å²) in [4.78, 5) is 0.0741. The summed E-state index contributed by atoms with van der Waals surface area (Å²) in [6.45, 7) is 2.57. The zero-order valence-electron chi connectivity index (χ0n) is 11.6. The maximum atomic E-state index is 13.3. The van der Waals surface area contributed by atoms with E-state index in [-0.39, 0.29) is 17.0 Å². The molecule has 2 rings (SSSR count). The van der Waals surface area contributed by atoms with E-state index in [1.54, 1.807) is 0 Å². The van der Waals surface area contributed by atoms with Crippen molar-refractivity contribution < 1.29 is 12.8 Å². The number of hydrogen-bond donors (Lipinski definition) is 2. The molecule has 2 atom stereocenters. The van der Waals surface area contributed by atoms with E-state index in [9.17, 15) is 12.8 Å². The fourth-order valence-corrected chi connectivity index (χ4v) is 3.85. The van der Waals surface area contributed by atoms with E-state index < -0.39 is 15.8 Å². The molecule has 112 valence electrons. The number of nitrogens with two attached hydrogens (primary N) is 1. The van der Waals surface area contributed by atoms with Gasteiger partial charge in [-0.1, -0.05) is 19.8 Å². The molecule has 0 aromatic heterocycles. The molecule has 0 heterocycles. The molecule has 1 aliphatic rings. The predicted molar refractivity (Wildman–Crippen MR) is 76.0 cm³/mol. The van der Waals surface area contributed by atoms with E-state index >= 15 is 0 Å². The van der Waals surface area contributed by atoms with E-state index in [4.69, 9.17) is 5.73 Å². The lowest BCUT2D eigenvalue weighted by Gasteiger charge is -2.16. The van der Waals surface area contributed by atoms with Crippen molar-refractivity contribution >= 4 is 10.0 Å². The molecule has 4 nitrogen and oxygen atoms in total. The van der Waals surface area contributed by atoms with Crippen LogP contribution in [0.4, 0.5) is 4.39 Å². The molecular formula is C14H21FN2O2S. The molecular weight excluding hydrogens is 279 g/mol. The van der Waals surface area contributed by atoms with Crippen LogP contribution in [0.15, 0.2) is 23.1 Å². The van der Waals surface area contributed by atoms with Crippen molar-refractivity contribution in [3.63, 3.8) is 0 Å². The first-order chi connectivity index (χ1) is 9.44. The molecule has 2 unspecified atom stereocenters. The lowest BCUT2D eigenvalue weighted by Crippen LogP contribution is -2.30. The molecule has 1 aromatic carbocycles. The molecule has 1 aliphatic carbocycles. The average molecular weight is 300 g/mol. The van der Waals surface area contributed by atoms with Crippen molar-refractivity contribution in [1.82, 2.24) is 4.72 Å². The van der Waals surface area contributed by atoms with Gasteiger partial charge in [-0.05, 0) is 36.5 Å². The monoisotopic (exact) mass is 300 g/mol. The van der Waals surface area contributed by atoms with Gasteiger partial charge in [0.1, 0.15) is 5.82 Å². The first-order valence-corrected chi connectivity index (χ1v) is 8.40. The summed E-state index contributed by atoms with van der Waals surface area (Å²) in [6, 6.07) is 3.72. The molecule has 3 N–H and O–H groups in total. The topological polar surface area (TPSA) is 72.2 Å². The molecule has 0 spiro atoms. The highest BCUT2D eigenvalue weighted by molar-refractivity contribution is 7.89. The van der Waals surface area contributed by atoms with Crippen molar-refractivity contribution in [1.29, 1.82) is 0 Å². The van der Waals surface area contributed by atoms with Crippen LogP contribution in [0.1, 0.15) is 31.7 Å². The third kappa shape index (κ3) is 3.37. The van der Waals surface area contributed by atoms with Crippen LogP contribution in [0.2, 0.25) is 0 Å². The van der Waals surface area contributed by atoms with Gasteiger partial charge in [-0.15, -0.1) is 0 Å². The van der Waals surface area contributed by atoms with Crippen molar-refractivity contribution in [2.45, 2.75) is 37.6 Å². The third-order valence-corrected chi connectivity index (χ3v) is 5.54. The smallest absolute Gasteiger partial charge is 0.240 e. The SMILES string of the molecule is CC1CCCC1CNS(=O)(=O)c1ccc(F)c(CN)c1. The van der Waals surface area contributed by atoms with E-state index in [0.717, 1.165) is 25.3 Å². The molecule has 0 aliphatic heterocycles. The van der Waals surface area contributed by atoms with Crippen LogP contribution >= 0.6 is 0 Å². The molecule has 0 saturated heterocycles. The number of benzene rings is 1. The minimum atomic E-state index is -3.59. The Morgan fingerprint density at radius 3 is 2.75 bits per heavy atom. The Bertz CT molecular complexity index is 575. The summed E-state index contributed by atoms with van der Waals surface area (Å²) in [5, 5.41) is 0. The maximum absolute atomic E-state index is 13.3. The molecule has 1 fully saturated rings. The van der Waals surface area contributed by atoms with Gasteiger partial charge < -0.3 is 5.73 Å². The fourth-order valence-electron chi connectivity index (χ4n) is 2.70. The highest BCUT2D eigenvalue weighted by atomic mass is 32.2. The summed E-state index contributed by atoms with van der Waals surface area (Å²) in [5.41, 5.74) is 5.61. The van der Waals surface area contributed by atoms with Gasteiger partial charge in [0, 0.05) is 18.7 Å². The number of sulfonamides is 1. The summed E-state index contributed by atoms with van der Waals surface area (Å²) in [7, 11) is -3.59. The Morgan fingerprint density at radius 2 is 2.15 bits per heavy atom. The summed E-state index contributed by atoms with van der Waals surface area (Å²) >= 11 is 0. The highest BCUT2D eigenvalue weighted by Gasteiger charge is 2.25. The molecule has 0 amide bonds. The second-order valence-corrected chi connectivity index (χ2v) is 7.24. The van der Waals surface area contributed by atoms with E-state index in [0.29, 0.717) is 18.4 Å². The van der Waals surface area contributed by atoms with Crippen LogP contribution < -0.4 is 10.5 Å². The predicted octanol–water partition coefficient (Wildman–Crippen LogP) is 2.00. The Hall–Kier alpha value is -0.980. The van der Waals surface area contributed by atoms with Gasteiger partial charge in [-0.25, -0.2) is 17.5 Å². The largest absolute Gasteiger partial charge is 0.326 e. The van der Waals surface area contributed by atoms with Crippen molar-refractivity contribution in [2.24, 2.45) is 17.6 Å². The highest BCUT2D eigenvalue weighted by Crippen LogP contribution is 2.30. The maximum Gasteiger partial charge on any atom is 0.240 e. The zero-order valence-corrected chi connectivity index (χ0v) is 12.4. The molecule has 1 aromatic rings. The van der Waals surface area contributed by atoms with Crippen LogP contribution in [-0.4, -0.2) is 15.0 Å². The molecule has 20 heavy (non-hydrogen) atoms. The third-order valence-electron chi connectivity index (χ3n) is 4.12. The number of rotatable bonds is 5. The second-order valence-electron chi connectivity index (χ2n) is 5.48. The molecule has 6 heteroatoms. The normalized spacial score (nSPS) is 23.1. The minimum absolute atomic E-state index is 0.0190. The van der Waals surface area contributed by atoms with Crippen LogP contribution in [0.5, 0.6) is 0 Å². The van der Waals surface area contributed by atoms with Crippen molar-refractivity contribution in [3.05, 3.63) is 29.6 Å². The van der Waals surface area contributed by atoms with Gasteiger partial charge in [0.25, 0.3) is 0 Å². The van der Waals surface area contributed by atoms with Gasteiger partial charge in [0.05, 0.1) is 4.90 Å². The second kappa shape index (κ2) is 6.20. The summed E-state index contributed by atoms with van der Waals surface area (Å²) in [5.74, 6) is 0.459. The lowest BCUT2D eigenvalue weighted by atomic mass is 9.99. The van der Waals surface area contributed by atoms with Gasteiger partial charge in [0.15, 0.2) is 0 Å². The van der Waals surface area contributed by atoms with Gasteiger partial charge in [0.2, 0.25) is 10.0 Å². The summed E-state index contributed by atoms with van der Waals surface area (Å²) < 4.78 is 40.4.